The lowest BCUT2D eigenvalue weighted by atomic mass is 10.1. The molecule has 1 N–H and O–H groups in total. The molecule has 1 aromatic heterocycles. The van der Waals surface area contributed by atoms with Gasteiger partial charge in [-0.1, -0.05) is 13.8 Å². The highest BCUT2D eigenvalue weighted by Crippen LogP contribution is 2.15. The number of aromatic nitrogens is 2. The lowest BCUT2D eigenvalue weighted by Crippen LogP contribution is -2.48. The number of rotatable bonds is 4. The summed E-state index contributed by atoms with van der Waals surface area (Å²) in [7, 11) is 0. The van der Waals surface area contributed by atoms with Crippen molar-refractivity contribution in [1.82, 2.24) is 14.9 Å². The van der Waals surface area contributed by atoms with Gasteiger partial charge in [-0.25, -0.2) is 9.97 Å². The van der Waals surface area contributed by atoms with Crippen molar-refractivity contribution >= 4 is 11.9 Å². The van der Waals surface area contributed by atoms with Gasteiger partial charge in [0.15, 0.2) is 0 Å². The summed E-state index contributed by atoms with van der Waals surface area (Å²) in [5.74, 6) is 0.395. The van der Waals surface area contributed by atoms with Crippen molar-refractivity contribution in [3.8, 4) is 0 Å². The fraction of sp³-hybridized carbons (Fsp3) is 0.615. The molecule has 1 saturated heterocycles. The van der Waals surface area contributed by atoms with Crippen LogP contribution in [0.4, 0.5) is 5.95 Å². The van der Waals surface area contributed by atoms with Gasteiger partial charge in [0.2, 0.25) is 5.95 Å². The molecule has 104 valence electrons. The van der Waals surface area contributed by atoms with Crippen molar-refractivity contribution in [2.24, 2.45) is 0 Å². The van der Waals surface area contributed by atoms with Crippen LogP contribution in [-0.2, 0) is 4.79 Å². The minimum Gasteiger partial charge on any atom is -0.480 e. The lowest BCUT2D eigenvalue weighted by Gasteiger charge is -2.33. The SMILES string of the molecule is CC(C)c1cnc(N2CCN(CC(=O)O)CC2)nc1. The Morgan fingerprint density at radius 2 is 1.84 bits per heavy atom. The van der Waals surface area contributed by atoms with Crippen LogP contribution in [-0.4, -0.2) is 58.7 Å². The number of carboxylic acids is 1. The first kappa shape index (κ1) is 13.7. The van der Waals surface area contributed by atoms with Crippen molar-refractivity contribution in [1.29, 1.82) is 0 Å². The van der Waals surface area contributed by atoms with Crippen molar-refractivity contribution in [2.75, 3.05) is 37.6 Å². The van der Waals surface area contributed by atoms with Gasteiger partial charge in [0.25, 0.3) is 0 Å². The Balaban J connectivity index is 1.92. The molecule has 19 heavy (non-hydrogen) atoms. The van der Waals surface area contributed by atoms with Crippen LogP contribution in [0.15, 0.2) is 12.4 Å². The van der Waals surface area contributed by atoms with E-state index in [2.05, 4.69) is 28.7 Å². The summed E-state index contributed by atoms with van der Waals surface area (Å²) in [6, 6.07) is 0. The zero-order valence-corrected chi connectivity index (χ0v) is 11.4. The quantitative estimate of drug-likeness (QED) is 0.867. The number of anilines is 1. The highest BCUT2D eigenvalue weighted by Gasteiger charge is 2.20. The van der Waals surface area contributed by atoms with Gasteiger partial charge in [0, 0.05) is 38.6 Å². The van der Waals surface area contributed by atoms with E-state index in [1.165, 1.54) is 0 Å². The van der Waals surface area contributed by atoms with Crippen LogP contribution in [0.1, 0.15) is 25.3 Å². The normalized spacial score (nSPS) is 16.9. The van der Waals surface area contributed by atoms with Crippen LogP contribution in [0.3, 0.4) is 0 Å². The molecule has 6 heteroatoms. The van der Waals surface area contributed by atoms with Crippen molar-refractivity contribution < 1.29 is 9.90 Å². The van der Waals surface area contributed by atoms with E-state index in [0.29, 0.717) is 5.92 Å². The summed E-state index contributed by atoms with van der Waals surface area (Å²) >= 11 is 0. The number of carbonyl (C=O) groups is 1. The predicted octanol–water partition coefficient (Wildman–Crippen LogP) is 0.807. The maximum absolute atomic E-state index is 10.6. The van der Waals surface area contributed by atoms with Crippen LogP contribution in [0, 0.1) is 0 Å². The molecule has 0 spiro atoms. The molecule has 1 fully saturated rings. The first-order chi connectivity index (χ1) is 9.06. The topological polar surface area (TPSA) is 69.6 Å². The van der Waals surface area contributed by atoms with E-state index in [0.717, 1.165) is 37.7 Å². The van der Waals surface area contributed by atoms with E-state index in [1.807, 2.05) is 17.3 Å². The molecule has 1 aliphatic rings. The van der Waals surface area contributed by atoms with E-state index >= 15 is 0 Å². The molecule has 0 unspecified atom stereocenters. The van der Waals surface area contributed by atoms with Crippen LogP contribution in [0.25, 0.3) is 0 Å². The maximum atomic E-state index is 10.6. The zero-order chi connectivity index (χ0) is 13.8. The van der Waals surface area contributed by atoms with Gasteiger partial charge >= 0.3 is 5.97 Å². The van der Waals surface area contributed by atoms with E-state index < -0.39 is 5.97 Å². The standard InChI is InChI=1S/C13H20N4O2/c1-10(2)11-7-14-13(15-8-11)17-5-3-16(4-6-17)9-12(18)19/h7-8,10H,3-6,9H2,1-2H3,(H,18,19). The smallest absolute Gasteiger partial charge is 0.317 e. The second-order valence-corrected chi connectivity index (χ2v) is 5.13. The monoisotopic (exact) mass is 264 g/mol. The van der Waals surface area contributed by atoms with Crippen LogP contribution >= 0.6 is 0 Å². The Hall–Kier alpha value is -1.69. The second-order valence-electron chi connectivity index (χ2n) is 5.13. The van der Waals surface area contributed by atoms with Crippen molar-refractivity contribution in [3.63, 3.8) is 0 Å². The minimum atomic E-state index is -0.772. The molecular formula is C13H20N4O2. The first-order valence-corrected chi connectivity index (χ1v) is 6.57. The molecule has 6 nitrogen and oxygen atoms in total. The van der Waals surface area contributed by atoms with E-state index in [-0.39, 0.29) is 6.54 Å². The molecular weight excluding hydrogens is 244 g/mol. The van der Waals surface area contributed by atoms with E-state index in [4.69, 9.17) is 5.11 Å². The summed E-state index contributed by atoms with van der Waals surface area (Å²) in [6.07, 6.45) is 3.74. The highest BCUT2D eigenvalue weighted by atomic mass is 16.4. The summed E-state index contributed by atoms with van der Waals surface area (Å²) in [4.78, 5) is 23.5. The molecule has 0 atom stereocenters. The molecule has 2 heterocycles. The predicted molar refractivity (Wildman–Crippen MR) is 72.4 cm³/mol. The Morgan fingerprint density at radius 1 is 1.26 bits per heavy atom. The number of hydrogen-bond acceptors (Lipinski definition) is 5. The molecule has 0 amide bonds. The summed E-state index contributed by atoms with van der Waals surface area (Å²) in [5, 5.41) is 8.75. The van der Waals surface area contributed by atoms with E-state index in [1.54, 1.807) is 0 Å². The number of piperazine rings is 1. The summed E-state index contributed by atoms with van der Waals surface area (Å²) in [6.45, 7) is 7.36. The maximum Gasteiger partial charge on any atom is 0.317 e. The molecule has 0 aliphatic carbocycles. The zero-order valence-electron chi connectivity index (χ0n) is 11.4. The molecule has 1 aromatic rings. The Morgan fingerprint density at radius 3 is 2.32 bits per heavy atom. The molecule has 0 aromatic carbocycles. The number of hydrogen-bond donors (Lipinski definition) is 1. The average molecular weight is 264 g/mol. The van der Waals surface area contributed by atoms with Gasteiger partial charge in [-0.2, -0.15) is 0 Å². The number of carboxylic acid groups (broad SMARTS) is 1. The second kappa shape index (κ2) is 5.97. The van der Waals surface area contributed by atoms with Gasteiger partial charge < -0.3 is 10.0 Å². The van der Waals surface area contributed by atoms with Gasteiger partial charge in [-0.05, 0) is 11.5 Å². The highest BCUT2D eigenvalue weighted by molar-refractivity contribution is 5.69. The van der Waals surface area contributed by atoms with Crippen molar-refractivity contribution in [3.05, 3.63) is 18.0 Å². The van der Waals surface area contributed by atoms with Crippen molar-refractivity contribution in [2.45, 2.75) is 19.8 Å². The molecule has 0 bridgehead atoms. The third-order valence-electron chi connectivity index (χ3n) is 3.34. The van der Waals surface area contributed by atoms with Gasteiger partial charge in [0.05, 0.1) is 6.54 Å². The van der Waals surface area contributed by atoms with Crippen LogP contribution < -0.4 is 4.90 Å². The van der Waals surface area contributed by atoms with Gasteiger partial charge in [-0.3, -0.25) is 9.69 Å². The molecule has 2 rings (SSSR count). The number of aliphatic carboxylic acids is 1. The third-order valence-corrected chi connectivity index (χ3v) is 3.34. The van der Waals surface area contributed by atoms with E-state index in [9.17, 15) is 4.79 Å². The van der Waals surface area contributed by atoms with Crippen LogP contribution in [0.5, 0.6) is 0 Å². The third kappa shape index (κ3) is 3.64. The molecule has 0 saturated carbocycles. The largest absolute Gasteiger partial charge is 0.480 e. The number of nitrogens with zero attached hydrogens (tertiary/aromatic N) is 4. The van der Waals surface area contributed by atoms with Crippen LogP contribution in [0.2, 0.25) is 0 Å². The van der Waals surface area contributed by atoms with Gasteiger partial charge in [0.1, 0.15) is 0 Å². The Bertz CT molecular complexity index is 425. The minimum absolute atomic E-state index is 0.112. The average Bonchev–Trinajstić information content (AvgIpc) is 2.39. The van der Waals surface area contributed by atoms with Gasteiger partial charge in [-0.15, -0.1) is 0 Å². The summed E-state index contributed by atoms with van der Waals surface area (Å²) < 4.78 is 0. The first-order valence-electron chi connectivity index (χ1n) is 6.57. The Labute approximate surface area is 113 Å². The fourth-order valence-electron chi connectivity index (χ4n) is 2.09. The molecule has 1 aliphatic heterocycles. The summed E-state index contributed by atoms with van der Waals surface area (Å²) in [5.41, 5.74) is 1.13. The Kier molecular flexibility index (Phi) is 4.31. The lowest BCUT2D eigenvalue weighted by molar-refractivity contribution is -0.138. The fourth-order valence-corrected chi connectivity index (χ4v) is 2.09. The molecule has 0 radical (unpaired) electrons.